The molecule has 0 bridgehead atoms. The van der Waals surface area contributed by atoms with Gasteiger partial charge >= 0.3 is 0 Å². The van der Waals surface area contributed by atoms with Gasteiger partial charge in [-0.3, -0.25) is 0 Å². The van der Waals surface area contributed by atoms with E-state index >= 15 is 0 Å². The van der Waals surface area contributed by atoms with Gasteiger partial charge in [0.05, 0.1) is 5.69 Å². The van der Waals surface area contributed by atoms with Gasteiger partial charge in [-0.25, -0.2) is 4.98 Å². The maximum atomic E-state index is 5.25. The standard InChI is InChI=1S/C8H8N4S2/c9-7(10)12-8-11-6(4-14-8)5-1-2-13-3-5/h1-4H,(H4,9,10,11,12). The van der Waals surface area contributed by atoms with E-state index in [0.717, 1.165) is 11.3 Å². The third-order valence-corrected chi connectivity index (χ3v) is 2.95. The van der Waals surface area contributed by atoms with Crippen molar-refractivity contribution in [2.75, 3.05) is 0 Å². The minimum atomic E-state index is 0.0382. The molecule has 0 aromatic carbocycles. The summed E-state index contributed by atoms with van der Waals surface area (Å²) in [5, 5.41) is 6.57. The summed E-state index contributed by atoms with van der Waals surface area (Å²) in [7, 11) is 0. The van der Waals surface area contributed by atoms with Gasteiger partial charge in [-0.2, -0.15) is 16.3 Å². The first-order valence-electron chi connectivity index (χ1n) is 3.83. The predicted molar refractivity (Wildman–Crippen MR) is 60.9 cm³/mol. The van der Waals surface area contributed by atoms with E-state index in [1.54, 1.807) is 11.3 Å². The van der Waals surface area contributed by atoms with Gasteiger partial charge in [-0.05, 0) is 11.4 Å². The van der Waals surface area contributed by atoms with Gasteiger partial charge in [-0.1, -0.05) is 0 Å². The Bertz CT molecular complexity index is 440. The number of hydrogen-bond donors (Lipinski definition) is 2. The summed E-state index contributed by atoms with van der Waals surface area (Å²) in [6.07, 6.45) is 0. The number of nitrogens with two attached hydrogens (primary N) is 2. The van der Waals surface area contributed by atoms with Crippen LogP contribution < -0.4 is 11.5 Å². The second-order valence-electron chi connectivity index (χ2n) is 2.56. The fourth-order valence-corrected chi connectivity index (χ4v) is 2.33. The maximum Gasteiger partial charge on any atom is 0.212 e. The molecule has 0 fully saturated rings. The quantitative estimate of drug-likeness (QED) is 0.603. The van der Waals surface area contributed by atoms with Crippen molar-refractivity contribution >= 4 is 33.8 Å². The highest BCUT2D eigenvalue weighted by molar-refractivity contribution is 7.13. The first-order chi connectivity index (χ1) is 6.75. The van der Waals surface area contributed by atoms with Crippen LogP contribution in [0.15, 0.2) is 27.2 Å². The van der Waals surface area contributed by atoms with Crippen molar-refractivity contribution in [2.45, 2.75) is 0 Å². The number of rotatable bonds is 2. The first kappa shape index (κ1) is 9.17. The van der Waals surface area contributed by atoms with Gasteiger partial charge in [0.1, 0.15) is 0 Å². The molecule has 0 atom stereocenters. The topological polar surface area (TPSA) is 77.3 Å². The lowest BCUT2D eigenvalue weighted by Gasteiger charge is -1.87. The average molecular weight is 224 g/mol. The van der Waals surface area contributed by atoms with Gasteiger partial charge in [0, 0.05) is 16.3 Å². The molecule has 0 aliphatic rings. The van der Waals surface area contributed by atoms with E-state index in [-0.39, 0.29) is 5.96 Å². The van der Waals surface area contributed by atoms with Crippen molar-refractivity contribution in [3.8, 4) is 11.3 Å². The monoisotopic (exact) mass is 224 g/mol. The molecule has 0 amide bonds. The SMILES string of the molecule is NC(N)=Nc1nc(-c2ccsc2)cs1. The van der Waals surface area contributed by atoms with Crippen LogP contribution in [-0.4, -0.2) is 10.9 Å². The molecule has 0 unspecified atom stereocenters. The van der Waals surface area contributed by atoms with E-state index in [2.05, 4.69) is 9.98 Å². The van der Waals surface area contributed by atoms with Crippen LogP contribution in [0.3, 0.4) is 0 Å². The summed E-state index contributed by atoms with van der Waals surface area (Å²) >= 11 is 3.06. The molecule has 0 spiro atoms. The van der Waals surface area contributed by atoms with Gasteiger partial charge < -0.3 is 11.5 Å². The van der Waals surface area contributed by atoms with E-state index in [9.17, 15) is 0 Å². The van der Waals surface area contributed by atoms with Gasteiger partial charge in [-0.15, -0.1) is 11.3 Å². The molecule has 14 heavy (non-hydrogen) atoms. The third-order valence-electron chi connectivity index (χ3n) is 1.53. The Morgan fingerprint density at radius 2 is 2.21 bits per heavy atom. The molecular formula is C8H8N4S2. The Balaban J connectivity index is 2.31. The number of nitrogens with zero attached hydrogens (tertiary/aromatic N) is 2. The Labute approximate surface area is 88.9 Å². The van der Waals surface area contributed by atoms with Crippen LogP contribution in [-0.2, 0) is 0 Å². The lowest BCUT2D eigenvalue weighted by atomic mass is 10.3. The molecule has 4 nitrogen and oxygen atoms in total. The highest BCUT2D eigenvalue weighted by Gasteiger charge is 2.03. The molecule has 0 aliphatic carbocycles. The van der Waals surface area contributed by atoms with Gasteiger partial charge in [0.15, 0.2) is 5.96 Å². The van der Waals surface area contributed by atoms with E-state index in [4.69, 9.17) is 11.5 Å². The molecule has 6 heteroatoms. The minimum Gasteiger partial charge on any atom is -0.370 e. The normalized spacial score (nSPS) is 10.0. The van der Waals surface area contributed by atoms with E-state index in [0.29, 0.717) is 5.13 Å². The first-order valence-corrected chi connectivity index (χ1v) is 5.65. The summed E-state index contributed by atoms with van der Waals surface area (Å²) in [5.41, 5.74) is 12.5. The van der Waals surface area contributed by atoms with E-state index in [1.165, 1.54) is 11.3 Å². The highest BCUT2D eigenvalue weighted by Crippen LogP contribution is 2.27. The van der Waals surface area contributed by atoms with Gasteiger partial charge in [0.2, 0.25) is 5.13 Å². The lowest BCUT2D eigenvalue weighted by molar-refractivity contribution is 1.33. The van der Waals surface area contributed by atoms with Crippen molar-refractivity contribution in [3.05, 3.63) is 22.2 Å². The van der Waals surface area contributed by atoms with Crippen LogP contribution in [0, 0.1) is 0 Å². The number of thiophene rings is 1. The summed E-state index contributed by atoms with van der Waals surface area (Å²) in [6, 6.07) is 2.01. The molecule has 72 valence electrons. The third kappa shape index (κ3) is 1.91. The number of hydrogen-bond acceptors (Lipinski definition) is 4. The van der Waals surface area contributed by atoms with Crippen LogP contribution >= 0.6 is 22.7 Å². The second kappa shape index (κ2) is 3.77. The van der Waals surface area contributed by atoms with E-state index < -0.39 is 0 Å². The van der Waals surface area contributed by atoms with Crippen LogP contribution in [0.5, 0.6) is 0 Å². The fraction of sp³-hybridized carbons (Fsp3) is 0. The summed E-state index contributed by atoms with van der Waals surface area (Å²) in [6.45, 7) is 0. The van der Waals surface area contributed by atoms with Crippen molar-refractivity contribution in [1.29, 1.82) is 0 Å². The van der Waals surface area contributed by atoms with Crippen LogP contribution in [0.1, 0.15) is 0 Å². The Morgan fingerprint density at radius 1 is 1.36 bits per heavy atom. The molecule has 0 saturated heterocycles. The van der Waals surface area contributed by atoms with Crippen molar-refractivity contribution in [1.82, 2.24) is 4.98 Å². The number of guanidine groups is 1. The zero-order valence-corrected chi connectivity index (χ0v) is 8.81. The molecule has 0 radical (unpaired) electrons. The molecule has 0 saturated carbocycles. The number of aromatic nitrogens is 1. The molecular weight excluding hydrogens is 216 g/mol. The fourth-order valence-electron chi connectivity index (χ4n) is 0.969. The Hall–Kier alpha value is -1.40. The van der Waals surface area contributed by atoms with Crippen molar-refractivity contribution in [3.63, 3.8) is 0 Å². The van der Waals surface area contributed by atoms with Crippen molar-refractivity contribution in [2.24, 2.45) is 16.5 Å². The minimum absolute atomic E-state index is 0.0382. The summed E-state index contributed by atoms with van der Waals surface area (Å²) < 4.78 is 0. The number of thiazole rings is 1. The Morgan fingerprint density at radius 3 is 2.86 bits per heavy atom. The zero-order valence-electron chi connectivity index (χ0n) is 7.18. The molecule has 4 N–H and O–H groups in total. The number of aliphatic imine (C=N–C) groups is 1. The van der Waals surface area contributed by atoms with Crippen LogP contribution in [0.2, 0.25) is 0 Å². The Kier molecular flexibility index (Phi) is 2.47. The molecule has 2 heterocycles. The maximum absolute atomic E-state index is 5.25. The lowest BCUT2D eigenvalue weighted by Crippen LogP contribution is -2.21. The largest absolute Gasteiger partial charge is 0.370 e. The van der Waals surface area contributed by atoms with Crippen molar-refractivity contribution < 1.29 is 0 Å². The van der Waals surface area contributed by atoms with E-state index in [1.807, 2.05) is 22.2 Å². The predicted octanol–water partition coefficient (Wildman–Crippen LogP) is 1.78. The second-order valence-corrected chi connectivity index (χ2v) is 4.18. The highest BCUT2D eigenvalue weighted by atomic mass is 32.1. The zero-order chi connectivity index (χ0) is 9.97. The molecule has 2 aromatic rings. The average Bonchev–Trinajstić information content (AvgIpc) is 2.69. The summed E-state index contributed by atoms with van der Waals surface area (Å²) in [5.74, 6) is 0.0382. The molecule has 2 rings (SSSR count). The smallest absolute Gasteiger partial charge is 0.212 e. The van der Waals surface area contributed by atoms with Crippen LogP contribution in [0.25, 0.3) is 11.3 Å². The van der Waals surface area contributed by atoms with Crippen LogP contribution in [0.4, 0.5) is 5.13 Å². The summed E-state index contributed by atoms with van der Waals surface area (Å²) in [4.78, 5) is 8.14. The molecule has 0 aliphatic heterocycles. The van der Waals surface area contributed by atoms with Gasteiger partial charge in [0.25, 0.3) is 0 Å². The molecule has 2 aromatic heterocycles.